The van der Waals surface area contributed by atoms with E-state index in [4.69, 9.17) is 0 Å². The molecule has 5 nitrogen and oxygen atoms in total. The monoisotopic (exact) mass is 269 g/mol. The molecule has 0 aliphatic heterocycles. The summed E-state index contributed by atoms with van der Waals surface area (Å²) in [7, 11) is 1.32. The highest BCUT2D eigenvalue weighted by Gasteiger charge is 2.12. The number of carbonyl (C=O) groups excluding carboxylic acids is 1. The predicted octanol–water partition coefficient (Wildman–Crippen LogP) is 2.50. The number of fused-ring (bicyclic) bond motifs is 1. The topological polar surface area (TPSA) is 64.1 Å². The largest absolute Gasteiger partial charge is 0.464 e. The van der Waals surface area contributed by atoms with E-state index in [1.54, 1.807) is 6.20 Å². The van der Waals surface area contributed by atoms with Crippen LogP contribution in [0.1, 0.15) is 28.0 Å². The molecule has 0 unspecified atom stereocenters. The summed E-state index contributed by atoms with van der Waals surface area (Å²) in [6.45, 7) is 0. The van der Waals surface area contributed by atoms with Crippen LogP contribution in [0.2, 0.25) is 0 Å². The Hall–Kier alpha value is -2.43. The van der Waals surface area contributed by atoms with Crippen molar-refractivity contribution in [2.24, 2.45) is 0 Å². The first-order valence-corrected chi connectivity index (χ1v) is 6.55. The van der Waals surface area contributed by atoms with E-state index >= 15 is 0 Å². The molecule has 1 aliphatic rings. The van der Waals surface area contributed by atoms with E-state index in [2.05, 4.69) is 32.2 Å². The van der Waals surface area contributed by atoms with Gasteiger partial charge in [-0.05, 0) is 42.5 Å². The van der Waals surface area contributed by atoms with Gasteiger partial charge in [0.2, 0.25) is 0 Å². The fraction of sp³-hybridized carbons (Fsp3) is 0.267. The van der Waals surface area contributed by atoms with E-state index in [1.165, 1.54) is 30.9 Å². The summed E-state index contributed by atoms with van der Waals surface area (Å²) in [6, 6.07) is 6.30. The number of rotatable bonds is 3. The number of aryl methyl sites for hydroxylation is 2. The van der Waals surface area contributed by atoms with Gasteiger partial charge in [0, 0.05) is 5.69 Å². The average Bonchev–Trinajstić information content (AvgIpc) is 2.94. The van der Waals surface area contributed by atoms with Gasteiger partial charge in [0.15, 0.2) is 5.69 Å². The van der Waals surface area contributed by atoms with Crippen molar-refractivity contribution in [2.45, 2.75) is 19.3 Å². The number of benzene rings is 1. The minimum absolute atomic E-state index is 0.193. The predicted molar refractivity (Wildman–Crippen MR) is 75.1 cm³/mol. The highest BCUT2D eigenvalue weighted by molar-refractivity contribution is 5.87. The second-order valence-electron chi connectivity index (χ2n) is 4.74. The molecule has 20 heavy (non-hydrogen) atoms. The third-order valence-corrected chi connectivity index (χ3v) is 3.40. The summed E-state index contributed by atoms with van der Waals surface area (Å²) in [4.78, 5) is 19.6. The molecule has 1 aromatic carbocycles. The molecule has 1 aliphatic carbocycles. The van der Waals surface area contributed by atoms with Crippen LogP contribution >= 0.6 is 0 Å². The molecule has 0 saturated heterocycles. The lowest BCUT2D eigenvalue weighted by Crippen LogP contribution is -2.06. The number of carbonyl (C=O) groups is 1. The van der Waals surface area contributed by atoms with Crippen molar-refractivity contribution >= 4 is 17.5 Å². The summed E-state index contributed by atoms with van der Waals surface area (Å²) >= 11 is 0. The van der Waals surface area contributed by atoms with Crippen LogP contribution in [0.5, 0.6) is 0 Å². The van der Waals surface area contributed by atoms with Crippen LogP contribution in [0.3, 0.4) is 0 Å². The van der Waals surface area contributed by atoms with Crippen molar-refractivity contribution < 1.29 is 9.53 Å². The van der Waals surface area contributed by atoms with E-state index in [0.29, 0.717) is 5.82 Å². The molecule has 1 N–H and O–H groups in total. The van der Waals surface area contributed by atoms with Gasteiger partial charge in [-0.2, -0.15) is 0 Å². The van der Waals surface area contributed by atoms with Crippen molar-refractivity contribution in [3.63, 3.8) is 0 Å². The van der Waals surface area contributed by atoms with Gasteiger partial charge in [-0.15, -0.1) is 0 Å². The number of hydrogen-bond donors (Lipinski definition) is 1. The lowest BCUT2D eigenvalue weighted by atomic mass is 10.1. The Morgan fingerprint density at radius 3 is 2.95 bits per heavy atom. The van der Waals surface area contributed by atoms with E-state index in [0.717, 1.165) is 18.5 Å². The zero-order valence-corrected chi connectivity index (χ0v) is 11.2. The van der Waals surface area contributed by atoms with Crippen molar-refractivity contribution in [1.82, 2.24) is 9.97 Å². The molecule has 0 bridgehead atoms. The van der Waals surface area contributed by atoms with Gasteiger partial charge in [-0.3, -0.25) is 4.98 Å². The molecule has 102 valence electrons. The molecule has 2 aromatic rings. The maximum Gasteiger partial charge on any atom is 0.358 e. The lowest BCUT2D eigenvalue weighted by molar-refractivity contribution is 0.0593. The minimum Gasteiger partial charge on any atom is -0.464 e. The molecule has 0 radical (unpaired) electrons. The van der Waals surface area contributed by atoms with Crippen LogP contribution in [0.15, 0.2) is 30.6 Å². The third-order valence-electron chi connectivity index (χ3n) is 3.40. The normalized spacial score (nSPS) is 12.8. The summed E-state index contributed by atoms with van der Waals surface area (Å²) in [5, 5.41) is 3.17. The third kappa shape index (κ3) is 2.47. The standard InChI is InChI=1S/C15H15N3O2/c1-20-15(19)13-8-16-9-14(18-13)17-12-6-5-10-3-2-4-11(10)7-12/h5-9H,2-4H2,1H3,(H,17,18). The van der Waals surface area contributed by atoms with Gasteiger partial charge in [0.1, 0.15) is 5.82 Å². The molecule has 1 heterocycles. The molecule has 0 amide bonds. The Kier molecular flexibility index (Phi) is 3.33. The van der Waals surface area contributed by atoms with Gasteiger partial charge in [0.25, 0.3) is 0 Å². The maximum atomic E-state index is 11.4. The Labute approximate surface area is 117 Å². The van der Waals surface area contributed by atoms with Gasteiger partial charge in [-0.25, -0.2) is 9.78 Å². The van der Waals surface area contributed by atoms with Crippen molar-refractivity contribution in [3.05, 3.63) is 47.4 Å². The average molecular weight is 269 g/mol. The van der Waals surface area contributed by atoms with Gasteiger partial charge in [0.05, 0.1) is 19.5 Å². The van der Waals surface area contributed by atoms with E-state index in [-0.39, 0.29) is 5.69 Å². The van der Waals surface area contributed by atoms with Crippen LogP contribution in [-0.2, 0) is 17.6 Å². The molecular weight excluding hydrogens is 254 g/mol. The fourth-order valence-electron chi connectivity index (χ4n) is 2.43. The number of nitrogens with zero attached hydrogens (tertiary/aromatic N) is 2. The van der Waals surface area contributed by atoms with Gasteiger partial charge >= 0.3 is 5.97 Å². The molecule has 5 heteroatoms. The summed E-state index contributed by atoms with van der Waals surface area (Å²) in [5.74, 6) is 0.0425. The second kappa shape index (κ2) is 5.28. The van der Waals surface area contributed by atoms with Gasteiger partial charge < -0.3 is 10.1 Å². The number of anilines is 2. The number of methoxy groups -OCH3 is 1. The molecular formula is C15H15N3O2. The molecule has 0 atom stereocenters. The lowest BCUT2D eigenvalue weighted by Gasteiger charge is -2.08. The van der Waals surface area contributed by atoms with Crippen molar-refractivity contribution in [2.75, 3.05) is 12.4 Å². The van der Waals surface area contributed by atoms with E-state index in [1.807, 2.05) is 6.07 Å². The highest BCUT2D eigenvalue weighted by Crippen LogP contribution is 2.26. The Balaban J connectivity index is 1.82. The quantitative estimate of drug-likeness (QED) is 0.867. The van der Waals surface area contributed by atoms with E-state index < -0.39 is 5.97 Å². The fourth-order valence-corrected chi connectivity index (χ4v) is 2.43. The molecule has 1 aromatic heterocycles. The first-order chi connectivity index (χ1) is 9.76. The van der Waals surface area contributed by atoms with Crippen LogP contribution in [0.4, 0.5) is 11.5 Å². The second-order valence-corrected chi connectivity index (χ2v) is 4.74. The molecule has 0 fully saturated rings. The smallest absolute Gasteiger partial charge is 0.358 e. The van der Waals surface area contributed by atoms with Crippen LogP contribution in [-0.4, -0.2) is 23.0 Å². The zero-order valence-electron chi connectivity index (χ0n) is 11.2. The Morgan fingerprint density at radius 2 is 2.10 bits per heavy atom. The van der Waals surface area contributed by atoms with E-state index in [9.17, 15) is 4.79 Å². The number of ether oxygens (including phenoxy) is 1. The maximum absolute atomic E-state index is 11.4. The van der Waals surface area contributed by atoms with Crippen LogP contribution in [0, 0.1) is 0 Å². The highest BCUT2D eigenvalue weighted by atomic mass is 16.5. The molecule has 0 spiro atoms. The van der Waals surface area contributed by atoms with Gasteiger partial charge in [-0.1, -0.05) is 6.07 Å². The Bertz CT molecular complexity index is 655. The zero-order chi connectivity index (χ0) is 13.9. The number of aromatic nitrogens is 2. The van der Waals surface area contributed by atoms with Crippen LogP contribution in [0.25, 0.3) is 0 Å². The summed E-state index contributed by atoms with van der Waals surface area (Å²) in [6.07, 6.45) is 6.47. The molecule has 0 saturated carbocycles. The number of nitrogens with one attached hydrogen (secondary N) is 1. The Morgan fingerprint density at radius 1 is 1.25 bits per heavy atom. The first kappa shape index (κ1) is 12.6. The summed E-state index contributed by atoms with van der Waals surface area (Å²) in [5.41, 5.74) is 3.96. The molecule has 3 rings (SSSR count). The van der Waals surface area contributed by atoms with Crippen molar-refractivity contribution in [1.29, 1.82) is 0 Å². The van der Waals surface area contributed by atoms with Crippen LogP contribution < -0.4 is 5.32 Å². The van der Waals surface area contributed by atoms with Crippen molar-refractivity contribution in [3.8, 4) is 0 Å². The first-order valence-electron chi connectivity index (χ1n) is 6.55. The number of hydrogen-bond acceptors (Lipinski definition) is 5. The number of esters is 1. The summed E-state index contributed by atoms with van der Waals surface area (Å²) < 4.78 is 4.63. The minimum atomic E-state index is -0.491. The SMILES string of the molecule is COC(=O)c1cncc(Nc2ccc3c(c2)CCC3)n1.